The number of hydrogen-bond acceptors (Lipinski definition) is 3. The van der Waals surface area contributed by atoms with Crippen molar-refractivity contribution in [3.8, 4) is 0 Å². The van der Waals surface area contributed by atoms with Gasteiger partial charge in [0.2, 0.25) is 0 Å². The summed E-state index contributed by atoms with van der Waals surface area (Å²) in [5, 5.41) is 3.48. The maximum Gasteiger partial charge on any atom is 0.0575 e. The van der Waals surface area contributed by atoms with Gasteiger partial charge in [0.15, 0.2) is 0 Å². The van der Waals surface area contributed by atoms with Crippen molar-refractivity contribution < 1.29 is 4.74 Å². The SMILES string of the molecule is CCSCCCNCCCOC1CCCC1. The van der Waals surface area contributed by atoms with Gasteiger partial charge in [-0.3, -0.25) is 0 Å². The van der Waals surface area contributed by atoms with Gasteiger partial charge in [0.25, 0.3) is 0 Å². The highest BCUT2D eigenvalue weighted by atomic mass is 32.2. The van der Waals surface area contributed by atoms with Crippen LogP contribution in [0.1, 0.15) is 45.4 Å². The average Bonchev–Trinajstić information content (AvgIpc) is 2.80. The van der Waals surface area contributed by atoms with E-state index in [2.05, 4.69) is 12.2 Å². The van der Waals surface area contributed by atoms with Crippen molar-refractivity contribution in [1.82, 2.24) is 5.32 Å². The first-order chi connectivity index (χ1) is 7.93. The Labute approximate surface area is 105 Å². The van der Waals surface area contributed by atoms with E-state index in [1.54, 1.807) is 0 Å². The van der Waals surface area contributed by atoms with Gasteiger partial charge in [0.1, 0.15) is 0 Å². The average molecular weight is 245 g/mol. The molecule has 1 N–H and O–H groups in total. The Balaban J connectivity index is 1.71. The topological polar surface area (TPSA) is 21.3 Å². The molecule has 0 aliphatic heterocycles. The number of rotatable bonds is 10. The fraction of sp³-hybridized carbons (Fsp3) is 1.00. The summed E-state index contributed by atoms with van der Waals surface area (Å²) in [7, 11) is 0. The Hall–Kier alpha value is 0.270. The Morgan fingerprint density at radius 3 is 2.69 bits per heavy atom. The largest absolute Gasteiger partial charge is 0.378 e. The number of nitrogens with one attached hydrogen (secondary N) is 1. The molecule has 0 aromatic carbocycles. The highest BCUT2D eigenvalue weighted by molar-refractivity contribution is 7.99. The summed E-state index contributed by atoms with van der Waals surface area (Å²) >= 11 is 2.03. The Morgan fingerprint density at radius 1 is 1.19 bits per heavy atom. The zero-order valence-electron chi connectivity index (χ0n) is 10.7. The Morgan fingerprint density at radius 2 is 1.94 bits per heavy atom. The molecular weight excluding hydrogens is 218 g/mol. The molecule has 0 saturated heterocycles. The molecule has 0 heterocycles. The highest BCUT2D eigenvalue weighted by Crippen LogP contribution is 2.20. The molecule has 0 atom stereocenters. The lowest BCUT2D eigenvalue weighted by molar-refractivity contribution is 0.0569. The lowest BCUT2D eigenvalue weighted by atomic mass is 10.3. The first-order valence-corrected chi connectivity index (χ1v) is 7.99. The van der Waals surface area contributed by atoms with Crippen molar-refractivity contribution >= 4 is 11.8 Å². The predicted molar refractivity (Wildman–Crippen MR) is 73.3 cm³/mol. The van der Waals surface area contributed by atoms with Gasteiger partial charge in [-0.1, -0.05) is 19.8 Å². The number of ether oxygens (including phenoxy) is 1. The molecular formula is C13H27NOS. The molecule has 1 aliphatic rings. The van der Waals surface area contributed by atoms with E-state index in [4.69, 9.17) is 4.74 Å². The molecule has 0 aromatic rings. The van der Waals surface area contributed by atoms with Crippen LogP contribution in [0.2, 0.25) is 0 Å². The molecule has 0 radical (unpaired) electrons. The molecule has 0 bridgehead atoms. The lowest BCUT2D eigenvalue weighted by Gasteiger charge is -2.11. The fourth-order valence-corrected chi connectivity index (χ4v) is 2.71. The molecule has 1 saturated carbocycles. The molecule has 3 heteroatoms. The summed E-state index contributed by atoms with van der Waals surface area (Å²) in [6.45, 7) is 5.44. The summed E-state index contributed by atoms with van der Waals surface area (Å²) in [6, 6.07) is 0. The summed E-state index contributed by atoms with van der Waals surface area (Å²) in [5.74, 6) is 2.54. The van der Waals surface area contributed by atoms with Crippen molar-refractivity contribution in [3.63, 3.8) is 0 Å². The van der Waals surface area contributed by atoms with Gasteiger partial charge in [-0.25, -0.2) is 0 Å². The molecule has 1 fully saturated rings. The van der Waals surface area contributed by atoms with Crippen LogP contribution in [-0.2, 0) is 4.74 Å². The van der Waals surface area contributed by atoms with Crippen molar-refractivity contribution in [1.29, 1.82) is 0 Å². The van der Waals surface area contributed by atoms with Crippen LogP contribution in [0, 0.1) is 0 Å². The molecule has 96 valence electrons. The van der Waals surface area contributed by atoms with Gasteiger partial charge in [-0.15, -0.1) is 0 Å². The third-order valence-corrected chi connectivity index (χ3v) is 3.99. The number of thioether (sulfide) groups is 1. The summed E-state index contributed by atoms with van der Waals surface area (Å²) in [5.41, 5.74) is 0. The second-order valence-electron chi connectivity index (χ2n) is 4.43. The van der Waals surface area contributed by atoms with Crippen LogP contribution in [0.5, 0.6) is 0 Å². The second-order valence-corrected chi connectivity index (χ2v) is 5.83. The van der Waals surface area contributed by atoms with Crippen molar-refractivity contribution in [2.45, 2.75) is 51.6 Å². The quantitative estimate of drug-likeness (QED) is 0.598. The van der Waals surface area contributed by atoms with Crippen molar-refractivity contribution in [3.05, 3.63) is 0 Å². The van der Waals surface area contributed by atoms with Crippen LogP contribution in [0.4, 0.5) is 0 Å². The van der Waals surface area contributed by atoms with E-state index >= 15 is 0 Å². The van der Waals surface area contributed by atoms with Crippen LogP contribution in [-0.4, -0.2) is 37.3 Å². The van der Waals surface area contributed by atoms with Gasteiger partial charge in [-0.2, -0.15) is 11.8 Å². The van der Waals surface area contributed by atoms with E-state index in [-0.39, 0.29) is 0 Å². The minimum absolute atomic E-state index is 0.584. The lowest BCUT2D eigenvalue weighted by Crippen LogP contribution is -2.19. The standard InChI is InChI=1S/C13H27NOS/c1-2-16-12-6-10-14-9-5-11-15-13-7-3-4-8-13/h13-14H,2-12H2,1H3. The van der Waals surface area contributed by atoms with E-state index in [1.807, 2.05) is 11.8 Å². The highest BCUT2D eigenvalue weighted by Gasteiger charge is 2.14. The van der Waals surface area contributed by atoms with Crippen LogP contribution >= 0.6 is 11.8 Å². The smallest absolute Gasteiger partial charge is 0.0575 e. The van der Waals surface area contributed by atoms with Gasteiger partial charge in [0.05, 0.1) is 6.10 Å². The fourth-order valence-electron chi connectivity index (χ4n) is 2.07. The second kappa shape index (κ2) is 10.4. The molecule has 0 aromatic heterocycles. The molecule has 0 spiro atoms. The van der Waals surface area contributed by atoms with Crippen molar-refractivity contribution in [2.75, 3.05) is 31.2 Å². The van der Waals surface area contributed by atoms with E-state index in [0.717, 1.165) is 26.1 Å². The third-order valence-electron chi connectivity index (χ3n) is 3.00. The first kappa shape index (κ1) is 14.3. The van der Waals surface area contributed by atoms with Gasteiger partial charge < -0.3 is 10.1 Å². The Bertz CT molecular complexity index is 149. The zero-order valence-corrected chi connectivity index (χ0v) is 11.5. The van der Waals surface area contributed by atoms with Crippen LogP contribution in [0.25, 0.3) is 0 Å². The molecule has 2 nitrogen and oxygen atoms in total. The summed E-state index contributed by atoms with van der Waals surface area (Å²) < 4.78 is 5.80. The van der Waals surface area contributed by atoms with E-state index < -0.39 is 0 Å². The predicted octanol–water partition coefficient (Wildman–Crippen LogP) is 3.07. The summed E-state index contributed by atoms with van der Waals surface area (Å²) in [4.78, 5) is 0. The first-order valence-electron chi connectivity index (χ1n) is 6.83. The third kappa shape index (κ3) is 7.53. The maximum absolute atomic E-state index is 5.80. The van der Waals surface area contributed by atoms with Gasteiger partial charge in [-0.05, 0) is 50.3 Å². The van der Waals surface area contributed by atoms with Gasteiger partial charge >= 0.3 is 0 Å². The minimum Gasteiger partial charge on any atom is -0.378 e. The maximum atomic E-state index is 5.80. The van der Waals surface area contributed by atoms with E-state index in [9.17, 15) is 0 Å². The molecule has 16 heavy (non-hydrogen) atoms. The zero-order chi connectivity index (χ0) is 11.5. The van der Waals surface area contributed by atoms with E-state index in [0.29, 0.717) is 6.10 Å². The number of hydrogen-bond donors (Lipinski definition) is 1. The molecule has 1 aliphatic carbocycles. The summed E-state index contributed by atoms with van der Waals surface area (Å²) in [6.07, 6.45) is 8.37. The monoisotopic (exact) mass is 245 g/mol. The van der Waals surface area contributed by atoms with E-state index in [1.165, 1.54) is 43.6 Å². The Kier molecular flexibility index (Phi) is 9.34. The van der Waals surface area contributed by atoms with Crippen molar-refractivity contribution in [2.24, 2.45) is 0 Å². The molecule has 0 amide bonds. The normalized spacial score (nSPS) is 17.1. The van der Waals surface area contributed by atoms with Crippen LogP contribution in [0.15, 0.2) is 0 Å². The minimum atomic E-state index is 0.584. The molecule has 1 rings (SSSR count). The van der Waals surface area contributed by atoms with Crippen LogP contribution < -0.4 is 5.32 Å². The van der Waals surface area contributed by atoms with Gasteiger partial charge in [0, 0.05) is 6.61 Å². The van der Waals surface area contributed by atoms with Crippen LogP contribution in [0.3, 0.4) is 0 Å². The molecule has 0 unspecified atom stereocenters.